The summed E-state index contributed by atoms with van der Waals surface area (Å²) < 4.78 is -0.746. The molecule has 1 aromatic carbocycles. The van der Waals surface area contributed by atoms with Gasteiger partial charge in [0, 0.05) is 17.1 Å². The van der Waals surface area contributed by atoms with E-state index in [-0.39, 0.29) is 63.9 Å². The van der Waals surface area contributed by atoms with Gasteiger partial charge in [0.1, 0.15) is 34.6 Å². The van der Waals surface area contributed by atoms with E-state index in [1.165, 1.54) is 29.1 Å². The second kappa shape index (κ2) is 10.9. The van der Waals surface area contributed by atoms with E-state index in [0.29, 0.717) is 11.1 Å². The zero-order chi connectivity index (χ0) is 26.5. The molecule has 3 amide bonds. The van der Waals surface area contributed by atoms with Crippen LogP contribution in [0, 0.1) is 0 Å². The minimum absolute atomic E-state index is 0. The number of aromatic nitrogens is 2. The van der Waals surface area contributed by atoms with Gasteiger partial charge in [0.2, 0.25) is 17.2 Å². The Bertz CT molecular complexity index is 1500. The molecule has 4 atom stereocenters. The summed E-state index contributed by atoms with van der Waals surface area (Å²) in [7, 11) is 0. The first-order valence-electron chi connectivity index (χ1n) is 11.5. The van der Waals surface area contributed by atoms with Gasteiger partial charge in [-0.2, -0.15) is 0 Å². The van der Waals surface area contributed by atoms with Gasteiger partial charge in [-0.05, 0) is 31.5 Å². The Morgan fingerprint density at radius 1 is 1.16 bits per heavy atom. The first kappa shape index (κ1) is 28.5. The predicted octanol–water partition coefficient (Wildman–Crippen LogP) is -1.86. The number of fused-ring (bicyclic) bond motifs is 2. The molecule has 2 saturated heterocycles. The molecule has 2 aliphatic rings. The van der Waals surface area contributed by atoms with Crippen LogP contribution in [0.15, 0.2) is 59.7 Å². The predicted molar refractivity (Wildman–Crippen MR) is 136 cm³/mol. The van der Waals surface area contributed by atoms with E-state index in [9.17, 15) is 29.1 Å². The molecule has 13 heteroatoms. The average Bonchev–Trinajstić information content (AvgIpc) is 3.14. The van der Waals surface area contributed by atoms with Gasteiger partial charge in [0.05, 0.1) is 5.52 Å². The van der Waals surface area contributed by atoms with Crippen LogP contribution in [0.4, 0.5) is 0 Å². The second-order valence-electron chi connectivity index (χ2n) is 9.33. The molecule has 0 spiro atoms. The maximum absolute atomic E-state index is 13.4. The number of hydrogen-bond acceptors (Lipinski definition) is 7. The Balaban J connectivity index is 0.00000210. The Morgan fingerprint density at radius 2 is 1.87 bits per heavy atom. The summed E-state index contributed by atoms with van der Waals surface area (Å²) in [6.45, 7) is 3.48. The molecule has 3 aromatic rings. The maximum atomic E-state index is 13.4. The van der Waals surface area contributed by atoms with Crippen LogP contribution >= 0.6 is 11.8 Å². The fourth-order valence-electron chi connectivity index (χ4n) is 4.75. The van der Waals surface area contributed by atoms with Gasteiger partial charge in [0.25, 0.3) is 5.91 Å². The van der Waals surface area contributed by atoms with Crippen LogP contribution in [-0.4, -0.2) is 65.9 Å². The molecule has 2 fully saturated rings. The Labute approximate surface area is 265 Å². The van der Waals surface area contributed by atoms with Gasteiger partial charge in [0.15, 0.2) is 0 Å². The van der Waals surface area contributed by atoms with E-state index in [1.807, 2.05) is 0 Å². The molecule has 38 heavy (non-hydrogen) atoms. The molecular weight excluding hydrogens is 537 g/mol. The number of carboxylic acids is 1. The van der Waals surface area contributed by atoms with Gasteiger partial charge >= 0.3 is 57.4 Å². The summed E-state index contributed by atoms with van der Waals surface area (Å²) in [4.78, 5) is 72.2. The second-order valence-corrected chi connectivity index (χ2v) is 11.1. The Morgan fingerprint density at radius 3 is 2.55 bits per heavy atom. The van der Waals surface area contributed by atoms with Crippen molar-refractivity contribution in [2.24, 2.45) is 0 Å². The smallest absolute Gasteiger partial charge is 1.00 e. The number of aromatic amines is 1. The van der Waals surface area contributed by atoms with Crippen molar-refractivity contribution < 1.29 is 77.1 Å². The summed E-state index contributed by atoms with van der Waals surface area (Å²) in [5, 5.41) is 14.3. The topological polar surface area (TPSA) is 162 Å². The molecular formula is C25H24KN5O6S. The van der Waals surface area contributed by atoms with Crippen LogP contribution in [-0.2, 0) is 14.4 Å². The average molecular weight is 562 g/mol. The van der Waals surface area contributed by atoms with Gasteiger partial charge in [-0.3, -0.25) is 24.2 Å². The molecule has 4 heterocycles. The first-order valence-corrected chi connectivity index (χ1v) is 12.3. The first-order chi connectivity index (χ1) is 17.6. The zero-order valence-electron chi connectivity index (χ0n) is 21.8. The van der Waals surface area contributed by atoms with Crippen molar-refractivity contribution in [3.63, 3.8) is 0 Å². The summed E-state index contributed by atoms with van der Waals surface area (Å²) in [5.74, 6) is -3.06. The van der Waals surface area contributed by atoms with E-state index in [4.69, 9.17) is 0 Å². The molecule has 192 valence electrons. The van der Waals surface area contributed by atoms with Crippen molar-refractivity contribution in [3.05, 3.63) is 76.2 Å². The molecule has 2 aromatic heterocycles. The van der Waals surface area contributed by atoms with Crippen molar-refractivity contribution in [3.8, 4) is 0 Å². The fourth-order valence-corrected chi connectivity index (χ4v) is 6.38. The number of nitrogens with one attached hydrogen (secondary N) is 3. The standard InChI is InChI=1S/C25H23N5O6S.K.H/c1-25(2)19(24(35)36)30-22(34)17(23(30)37-25)29-21(33)15(12-7-4-3-5-8-12)28-20(32)13-11-27-14-9-6-10-26-16(14)18(13)31;;/h3-11,15,17,19,23H,1-2H3,(H,27,31)(H,28,32)(H,29,33)(H,35,36);;/q;+1;-1/t15?,17-,19+,23-;;/m1../s1. The summed E-state index contributed by atoms with van der Waals surface area (Å²) in [6, 6.07) is 8.54. The minimum Gasteiger partial charge on any atom is -1.00 e. The number of nitrogens with zero attached hydrogens (tertiary/aromatic N) is 2. The quantitative estimate of drug-likeness (QED) is 0.201. The molecule has 0 radical (unpaired) electrons. The third-order valence-corrected chi connectivity index (χ3v) is 8.10. The number of amides is 3. The van der Waals surface area contributed by atoms with Gasteiger partial charge in [-0.25, -0.2) is 4.79 Å². The van der Waals surface area contributed by atoms with Crippen LogP contribution in [0.25, 0.3) is 11.0 Å². The van der Waals surface area contributed by atoms with Crippen molar-refractivity contribution >= 4 is 46.5 Å². The van der Waals surface area contributed by atoms with Gasteiger partial charge in [-0.15, -0.1) is 11.8 Å². The number of carbonyl (C=O) groups excluding carboxylic acids is 3. The molecule has 0 saturated carbocycles. The normalized spacial score (nSPS) is 22.0. The number of rotatable bonds is 6. The number of H-pyrrole nitrogens is 1. The van der Waals surface area contributed by atoms with E-state index in [1.54, 1.807) is 56.3 Å². The van der Waals surface area contributed by atoms with Crippen LogP contribution < -0.4 is 67.4 Å². The Hall–Kier alpha value is -2.55. The fraction of sp³-hybridized carbons (Fsp3) is 0.280. The van der Waals surface area contributed by atoms with E-state index < -0.39 is 57.4 Å². The minimum atomic E-state index is -1.22. The van der Waals surface area contributed by atoms with Crippen LogP contribution in [0.1, 0.15) is 37.2 Å². The van der Waals surface area contributed by atoms with Crippen molar-refractivity contribution in [1.29, 1.82) is 0 Å². The van der Waals surface area contributed by atoms with E-state index >= 15 is 0 Å². The number of pyridine rings is 2. The maximum Gasteiger partial charge on any atom is 1.00 e. The molecule has 1 unspecified atom stereocenters. The Kier molecular flexibility index (Phi) is 8.16. The summed E-state index contributed by atoms with van der Waals surface area (Å²) in [6.07, 6.45) is 2.70. The summed E-state index contributed by atoms with van der Waals surface area (Å²) in [5.41, 5.74) is 0.183. The van der Waals surface area contributed by atoms with E-state index in [0.717, 1.165) is 0 Å². The number of β-lactam (4-membered cyclic amide) rings is 1. The zero-order valence-corrected chi connectivity index (χ0v) is 24.7. The third-order valence-electron chi connectivity index (χ3n) is 6.53. The molecule has 5 rings (SSSR count). The number of aliphatic carboxylic acids is 1. The molecule has 4 N–H and O–H groups in total. The molecule has 11 nitrogen and oxygen atoms in total. The monoisotopic (exact) mass is 561 g/mol. The van der Waals surface area contributed by atoms with E-state index in [2.05, 4.69) is 20.6 Å². The number of thioether (sulfide) groups is 1. The number of carboxylic acid groups (broad SMARTS) is 1. The van der Waals surface area contributed by atoms with Crippen molar-refractivity contribution in [2.45, 2.75) is 42.1 Å². The van der Waals surface area contributed by atoms with Crippen LogP contribution in [0.3, 0.4) is 0 Å². The largest absolute Gasteiger partial charge is 1.00 e. The van der Waals surface area contributed by atoms with Crippen LogP contribution in [0.2, 0.25) is 0 Å². The van der Waals surface area contributed by atoms with Gasteiger partial charge < -0.3 is 27.1 Å². The number of carbonyl (C=O) groups is 4. The summed E-state index contributed by atoms with van der Waals surface area (Å²) >= 11 is 1.30. The number of hydrogen-bond donors (Lipinski definition) is 4. The molecule has 2 aliphatic heterocycles. The van der Waals surface area contributed by atoms with Crippen molar-refractivity contribution in [1.82, 2.24) is 25.5 Å². The van der Waals surface area contributed by atoms with Crippen molar-refractivity contribution in [2.75, 3.05) is 0 Å². The van der Waals surface area contributed by atoms with Crippen LogP contribution in [0.5, 0.6) is 0 Å². The molecule has 0 bridgehead atoms. The third kappa shape index (κ3) is 4.94. The molecule has 0 aliphatic carbocycles. The van der Waals surface area contributed by atoms with Gasteiger partial charge in [-0.1, -0.05) is 30.3 Å². The SMILES string of the molecule is CC1(C)S[C@@H]2[C@H](NC(=O)C(NC(=O)c3c[nH]c4cccnc4c3=O)c3ccccc3)C(=O)N2[C@H]1C(=O)O.[H-].[K+]. The number of benzene rings is 1.